The van der Waals surface area contributed by atoms with Gasteiger partial charge in [-0.05, 0) is 59.5 Å². The van der Waals surface area contributed by atoms with Crippen molar-refractivity contribution in [3.05, 3.63) is 53.8 Å². The van der Waals surface area contributed by atoms with Gasteiger partial charge in [0, 0.05) is 16.6 Å². The van der Waals surface area contributed by atoms with E-state index in [1.165, 1.54) is 0 Å². The fourth-order valence-electron chi connectivity index (χ4n) is 4.97. The lowest BCUT2D eigenvalue weighted by atomic mass is 10.1. The molecule has 0 saturated heterocycles. The molecule has 0 fully saturated rings. The van der Waals surface area contributed by atoms with Crippen molar-refractivity contribution in [2.75, 3.05) is 28.7 Å². The van der Waals surface area contributed by atoms with Crippen molar-refractivity contribution in [1.82, 2.24) is 15.0 Å². The molecule has 328 valence electrons. The van der Waals surface area contributed by atoms with Crippen LogP contribution in [0.4, 0.5) is 40.3 Å². The number of phenolic OH excluding ortho intramolecular Hbond substituents is 2. The number of anilines is 5. The van der Waals surface area contributed by atoms with E-state index in [-0.39, 0.29) is 5.69 Å². The molecule has 1 heterocycles. The molecule has 0 aliphatic carbocycles. The van der Waals surface area contributed by atoms with Gasteiger partial charge in [0.05, 0.1) is 44.8 Å². The summed E-state index contributed by atoms with van der Waals surface area (Å²) >= 11 is 6.01. The number of nitrogens with two attached hydrogens (primary N) is 1. The fraction of sp³-hybridized carbons (Fsp3) is 0.0741. The van der Waals surface area contributed by atoms with Gasteiger partial charge in [-0.25, -0.2) is 4.18 Å². The van der Waals surface area contributed by atoms with E-state index in [2.05, 4.69) is 40.0 Å². The molecular formula is C27H23ClN8O19S6. The largest absolute Gasteiger partial charge is 0.507 e. The number of aromatic nitrogens is 3. The van der Waals surface area contributed by atoms with Crippen molar-refractivity contribution in [3.8, 4) is 11.5 Å². The zero-order valence-electron chi connectivity index (χ0n) is 29.2. The van der Waals surface area contributed by atoms with Crippen LogP contribution in [-0.4, -0.2) is 107 Å². The van der Waals surface area contributed by atoms with Gasteiger partial charge in [-0.2, -0.15) is 57.0 Å². The third kappa shape index (κ3) is 11.3. The van der Waals surface area contributed by atoms with Crippen LogP contribution in [-0.2, 0) is 65.9 Å². The summed E-state index contributed by atoms with van der Waals surface area (Å²) in [5.41, 5.74) is 2.70. The second-order valence-electron chi connectivity index (χ2n) is 11.6. The number of aromatic hydroxyl groups is 2. The summed E-state index contributed by atoms with van der Waals surface area (Å²) in [7, 11) is -27.9. The minimum Gasteiger partial charge on any atom is -0.507 e. The maximum absolute atomic E-state index is 12.8. The highest BCUT2D eigenvalue weighted by Crippen LogP contribution is 2.44. The Hall–Kier alpha value is -5.30. The lowest BCUT2D eigenvalue weighted by molar-refractivity contribution is 0.284. The molecular weight excluding hydrogens is 968 g/mol. The van der Waals surface area contributed by atoms with Gasteiger partial charge in [-0.15, -0.1) is 10.2 Å². The molecule has 1 aromatic heterocycles. The molecule has 0 radical (unpaired) electrons. The highest BCUT2D eigenvalue weighted by atomic mass is 35.5. The van der Waals surface area contributed by atoms with Crippen molar-refractivity contribution < 1.29 is 83.5 Å². The molecule has 0 aliphatic heterocycles. The summed E-state index contributed by atoms with van der Waals surface area (Å²) in [5, 5.41) is 31.9. The molecule has 0 spiro atoms. The Morgan fingerprint density at radius 3 is 1.90 bits per heavy atom. The topological polar surface area (TPSA) is 452 Å². The molecule has 1 unspecified atom stereocenters. The van der Waals surface area contributed by atoms with Gasteiger partial charge in [0.15, 0.2) is 5.75 Å². The van der Waals surface area contributed by atoms with Gasteiger partial charge in [-0.1, -0.05) is 0 Å². The highest BCUT2D eigenvalue weighted by Gasteiger charge is 2.26. The van der Waals surface area contributed by atoms with Crippen molar-refractivity contribution in [1.29, 1.82) is 0 Å². The number of nitrogens with zero attached hydrogens (tertiary/aromatic N) is 5. The number of hydrogen-bond donors (Lipinski definition) is 10. The number of fused-ring (bicyclic) bond motifs is 1. The Balaban J connectivity index is 1.53. The van der Waals surface area contributed by atoms with Crippen LogP contribution >= 0.6 is 11.6 Å². The third-order valence-corrected chi connectivity index (χ3v) is 12.8. The number of phenols is 2. The Bertz CT molecular complexity index is 3280. The van der Waals surface area contributed by atoms with Gasteiger partial charge in [0.25, 0.3) is 40.5 Å². The van der Waals surface area contributed by atoms with Crippen LogP contribution in [0.15, 0.2) is 83.2 Å². The first-order valence-electron chi connectivity index (χ1n) is 15.3. The van der Waals surface area contributed by atoms with E-state index < -0.39 is 161 Å². The predicted molar refractivity (Wildman–Crippen MR) is 208 cm³/mol. The minimum atomic E-state index is -5.24. The van der Waals surface area contributed by atoms with Crippen LogP contribution in [0.5, 0.6) is 11.5 Å². The van der Waals surface area contributed by atoms with Crippen LogP contribution in [0.3, 0.4) is 0 Å². The normalized spacial score (nSPS) is 13.4. The van der Waals surface area contributed by atoms with Gasteiger partial charge >= 0.3 is 10.4 Å². The summed E-state index contributed by atoms with van der Waals surface area (Å²) < 4.78 is 183. The van der Waals surface area contributed by atoms with Crippen LogP contribution in [0.25, 0.3) is 10.8 Å². The summed E-state index contributed by atoms with van der Waals surface area (Å²) in [6.45, 7) is -0.846. The molecule has 34 heteroatoms. The SMILES string of the molecule is Nc1c(S(=O)(=O)O)cc2cc(S(=O)(=O)O)cc(O)c2c1N=Nc1ccc(Nc2nc(Cl)nc(Nc3cc(S(=O)CCOS(=O)(=O)O)cc(S(=O)(=O)O)c3O)n2)cc1S(=O)(=O)O. The number of hydrogen-bond acceptors (Lipinski definition) is 22. The first kappa shape index (κ1) is 46.8. The maximum Gasteiger partial charge on any atom is 0.397 e. The van der Waals surface area contributed by atoms with E-state index in [4.69, 9.17) is 21.9 Å². The lowest BCUT2D eigenvalue weighted by Crippen LogP contribution is -2.12. The Morgan fingerprint density at radius 1 is 0.721 bits per heavy atom. The molecule has 0 bridgehead atoms. The number of azo groups is 1. The van der Waals surface area contributed by atoms with E-state index in [0.29, 0.717) is 24.3 Å². The van der Waals surface area contributed by atoms with E-state index in [1.54, 1.807) is 0 Å². The first-order chi connectivity index (χ1) is 27.9. The van der Waals surface area contributed by atoms with Crippen molar-refractivity contribution in [2.24, 2.45) is 10.2 Å². The minimum absolute atomic E-state index is 0.255. The quantitative estimate of drug-likeness (QED) is 0.0312. The summed E-state index contributed by atoms with van der Waals surface area (Å²) in [4.78, 5) is 6.84. The summed E-state index contributed by atoms with van der Waals surface area (Å²) in [5.74, 6) is -3.88. The predicted octanol–water partition coefficient (Wildman–Crippen LogP) is 2.49. The second kappa shape index (κ2) is 16.9. The van der Waals surface area contributed by atoms with E-state index >= 15 is 0 Å². The monoisotopic (exact) mass is 990 g/mol. The maximum atomic E-state index is 12.8. The average Bonchev–Trinajstić information content (AvgIpc) is 3.09. The molecule has 0 amide bonds. The molecule has 0 aliphatic rings. The summed E-state index contributed by atoms with van der Waals surface area (Å²) in [6.07, 6.45) is 0. The van der Waals surface area contributed by atoms with Crippen LogP contribution in [0.1, 0.15) is 0 Å². The smallest absolute Gasteiger partial charge is 0.397 e. The van der Waals surface area contributed by atoms with E-state index in [0.717, 1.165) is 24.3 Å². The van der Waals surface area contributed by atoms with E-state index in [9.17, 15) is 74.7 Å². The van der Waals surface area contributed by atoms with Crippen LogP contribution in [0.2, 0.25) is 5.28 Å². The zero-order chi connectivity index (χ0) is 45.6. The van der Waals surface area contributed by atoms with Gasteiger partial charge < -0.3 is 26.6 Å². The zero-order valence-corrected chi connectivity index (χ0v) is 34.9. The van der Waals surface area contributed by atoms with Crippen molar-refractivity contribution >= 4 is 124 Å². The van der Waals surface area contributed by atoms with E-state index in [1.807, 2.05) is 0 Å². The average molecular weight is 991 g/mol. The molecule has 0 saturated carbocycles. The second-order valence-corrected chi connectivity index (χ2v) is 20.2. The Labute approximate surface area is 349 Å². The Kier molecular flexibility index (Phi) is 12.9. The lowest BCUT2D eigenvalue weighted by Gasteiger charge is -2.14. The molecule has 5 aromatic rings. The standard InChI is InChI=1S/C27H23ClN8O19S6/c28-25-32-26(34-27(33-25)31-16-8-13(9-20(24(16)38)60(49,50)51)56(39)4-3-55-61(52,53)54)30-12-1-2-15(18(7-12)58(43,44)45)35-36-23-21-11(6-19(22(23)29)59(46,47)48)5-14(10-17(21)37)57(40,41)42/h1-2,5-10,37-38H,3-4,29H2,(H,40,41,42)(H,43,44,45)(H,46,47,48)(H,49,50,51)(H,52,53,54)(H2,30,31,32,33,34). The highest BCUT2D eigenvalue weighted by molar-refractivity contribution is 7.87. The van der Waals surface area contributed by atoms with Gasteiger partial charge in [0.1, 0.15) is 31.8 Å². The summed E-state index contributed by atoms with van der Waals surface area (Å²) in [6, 6.07) is 6.03. The number of rotatable bonds is 15. The fourth-order valence-corrected chi connectivity index (χ4v) is 9.03. The molecule has 4 aromatic carbocycles. The Morgan fingerprint density at radius 2 is 1.33 bits per heavy atom. The number of halogens is 1. The molecule has 27 nitrogen and oxygen atoms in total. The number of nitrogens with one attached hydrogen (secondary N) is 2. The van der Waals surface area contributed by atoms with Gasteiger partial charge in [0.2, 0.25) is 17.2 Å². The third-order valence-electron chi connectivity index (χ3n) is 7.44. The molecule has 61 heavy (non-hydrogen) atoms. The van der Waals surface area contributed by atoms with Crippen molar-refractivity contribution in [3.63, 3.8) is 0 Å². The van der Waals surface area contributed by atoms with Crippen LogP contribution < -0.4 is 16.4 Å². The van der Waals surface area contributed by atoms with Crippen molar-refractivity contribution in [2.45, 2.75) is 24.5 Å². The van der Waals surface area contributed by atoms with Crippen LogP contribution in [0, 0.1) is 0 Å². The molecule has 1 atom stereocenters. The number of benzene rings is 4. The molecule has 5 rings (SSSR count). The molecule has 11 N–H and O–H groups in total. The number of nitrogen functional groups attached to an aromatic ring is 1. The first-order valence-corrected chi connectivity index (χ1v) is 24.1. The van der Waals surface area contributed by atoms with Gasteiger partial charge in [-0.3, -0.25) is 27.0 Å².